The van der Waals surface area contributed by atoms with Crippen LogP contribution in [0.2, 0.25) is 0 Å². The van der Waals surface area contributed by atoms with E-state index in [1.165, 1.54) is 13.0 Å². The maximum atomic E-state index is 11.2. The van der Waals surface area contributed by atoms with Crippen LogP contribution in [-0.4, -0.2) is 21.3 Å². The number of hydrogen-bond donors (Lipinski definition) is 2. The molecule has 5 heteroatoms. The highest BCUT2D eigenvalue weighted by Crippen LogP contribution is 2.35. The van der Waals surface area contributed by atoms with Gasteiger partial charge in [0, 0.05) is 5.56 Å². The van der Waals surface area contributed by atoms with Gasteiger partial charge in [0.2, 0.25) is 0 Å². The van der Waals surface area contributed by atoms with Gasteiger partial charge in [-0.2, -0.15) is 0 Å². The van der Waals surface area contributed by atoms with E-state index < -0.39 is 5.97 Å². The fourth-order valence-corrected chi connectivity index (χ4v) is 1.95. The number of hydrogen-bond acceptors (Lipinski definition) is 4. The van der Waals surface area contributed by atoms with Crippen LogP contribution >= 0.6 is 0 Å². The zero-order chi connectivity index (χ0) is 13.3. The van der Waals surface area contributed by atoms with Crippen molar-refractivity contribution in [3.05, 3.63) is 35.1 Å². The van der Waals surface area contributed by atoms with Crippen LogP contribution in [0.3, 0.4) is 0 Å². The van der Waals surface area contributed by atoms with Crippen molar-refractivity contribution in [1.82, 2.24) is 5.16 Å². The molecule has 0 atom stereocenters. The molecule has 0 saturated carbocycles. The summed E-state index contributed by atoms with van der Waals surface area (Å²) in [6, 6.07) is 5.04. The van der Waals surface area contributed by atoms with Crippen molar-refractivity contribution in [2.75, 3.05) is 0 Å². The highest BCUT2D eigenvalue weighted by atomic mass is 16.5. The van der Waals surface area contributed by atoms with Crippen molar-refractivity contribution in [1.29, 1.82) is 0 Å². The van der Waals surface area contributed by atoms with Gasteiger partial charge in [-0.1, -0.05) is 24.2 Å². The van der Waals surface area contributed by atoms with Gasteiger partial charge in [-0.25, -0.2) is 4.79 Å². The lowest BCUT2D eigenvalue weighted by atomic mass is 9.98. The molecule has 0 aliphatic carbocycles. The Morgan fingerprint density at radius 2 is 2.17 bits per heavy atom. The van der Waals surface area contributed by atoms with E-state index in [-0.39, 0.29) is 22.8 Å². The number of rotatable bonds is 3. The minimum Gasteiger partial charge on any atom is -0.507 e. The highest BCUT2D eigenvalue weighted by molar-refractivity contribution is 5.97. The summed E-state index contributed by atoms with van der Waals surface area (Å²) in [6.45, 7) is 3.46. The molecule has 0 aliphatic heterocycles. The largest absolute Gasteiger partial charge is 0.507 e. The van der Waals surface area contributed by atoms with Crippen molar-refractivity contribution in [2.24, 2.45) is 0 Å². The Morgan fingerprint density at radius 3 is 2.78 bits per heavy atom. The lowest BCUT2D eigenvalue weighted by molar-refractivity contribution is 0.0696. The van der Waals surface area contributed by atoms with Gasteiger partial charge in [-0.15, -0.1) is 0 Å². The molecule has 0 aliphatic rings. The van der Waals surface area contributed by atoms with Gasteiger partial charge in [0.05, 0.1) is 0 Å². The van der Waals surface area contributed by atoms with E-state index in [0.29, 0.717) is 12.0 Å². The molecule has 1 aromatic carbocycles. The highest BCUT2D eigenvalue weighted by Gasteiger charge is 2.24. The Kier molecular flexibility index (Phi) is 3.06. The molecule has 0 saturated heterocycles. The number of carbonyl (C=O) groups is 1. The summed E-state index contributed by atoms with van der Waals surface area (Å²) in [5, 5.41) is 22.8. The molecule has 2 rings (SSSR count). The number of phenolic OH excluding ortho intramolecular Hbond substituents is 1. The molecule has 2 N–H and O–H groups in total. The molecule has 5 nitrogen and oxygen atoms in total. The fraction of sp³-hybridized carbons (Fsp3) is 0.231. The number of nitrogens with zero attached hydrogens (tertiary/aromatic N) is 1. The van der Waals surface area contributed by atoms with Crippen molar-refractivity contribution in [3.63, 3.8) is 0 Å². The number of aryl methyl sites for hydroxylation is 2. The van der Waals surface area contributed by atoms with Crippen LogP contribution in [0.5, 0.6) is 5.75 Å². The zero-order valence-corrected chi connectivity index (χ0v) is 10.1. The molecule has 0 unspecified atom stereocenters. The van der Waals surface area contributed by atoms with Gasteiger partial charge in [-0.05, 0) is 25.0 Å². The van der Waals surface area contributed by atoms with E-state index in [4.69, 9.17) is 9.63 Å². The Balaban J connectivity index is 2.73. The van der Waals surface area contributed by atoms with Crippen LogP contribution in [0.1, 0.15) is 28.6 Å². The molecular formula is C13H13NO4. The molecule has 0 radical (unpaired) electrons. The summed E-state index contributed by atoms with van der Waals surface area (Å²) in [6.07, 6.45) is 0.661. The quantitative estimate of drug-likeness (QED) is 0.871. The SMILES string of the molecule is CCc1cccc(O)c1-c1noc(C)c1C(=O)O. The number of benzene rings is 1. The van der Waals surface area contributed by atoms with Gasteiger partial charge >= 0.3 is 5.97 Å². The predicted octanol–water partition coefficient (Wildman–Crippen LogP) is 2.62. The number of phenols is 1. The standard InChI is InChI=1S/C13H13NO4/c1-3-8-5-4-6-9(15)11(8)12-10(13(16)17)7(2)18-14-12/h4-6,15H,3H2,1-2H3,(H,16,17). The number of aromatic nitrogens is 1. The monoisotopic (exact) mass is 247 g/mol. The van der Waals surface area contributed by atoms with E-state index in [1.807, 2.05) is 13.0 Å². The van der Waals surface area contributed by atoms with Crippen molar-refractivity contribution in [3.8, 4) is 17.0 Å². The predicted molar refractivity (Wildman–Crippen MR) is 64.7 cm³/mol. The van der Waals surface area contributed by atoms with Gasteiger partial charge in [0.25, 0.3) is 0 Å². The molecule has 1 aromatic heterocycles. The average molecular weight is 247 g/mol. The van der Waals surface area contributed by atoms with E-state index in [0.717, 1.165) is 5.56 Å². The second kappa shape index (κ2) is 4.52. The van der Waals surface area contributed by atoms with Gasteiger partial charge < -0.3 is 14.7 Å². The minimum absolute atomic E-state index is 0.00477. The van der Waals surface area contributed by atoms with E-state index in [9.17, 15) is 9.90 Å². The third-order valence-electron chi connectivity index (χ3n) is 2.82. The van der Waals surface area contributed by atoms with Crippen molar-refractivity contribution < 1.29 is 19.5 Å². The molecule has 1 heterocycles. The van der Waals surface area contributed by atoms with Crippen LogP contribution in [0.15, 0.2) is 22.7 Å². The maximum Gasteiger partial charge on any atom is 0.341 e. The summed E-state index contributed by atoms with van der Waals surface area (Å²) in [5.41, 5.74) is 1.42. The third kappa shape index (κ3) is 1.84. The Bertz CT molecular complexity index is 601. The van der Waals surface area contributed by atoms with Crippen LogP contribution in [-0.2, 0) is 6.42 Å². The molecule has 94 valence electrons. The second-order valence-corrected chi connectivity index (χ2v) is 3.93. The first kappa shape index (κ1) is 12.2. The van der Waals surface area contributed by atoms with Crippen LogP contribution in [0, 0.1) is 6.92 Å². The molecule has 18 heavy (non-hydrogen) atoms. The Morgan fingerprint density at radius 1 is 1.44 bits per heavy atom. The molecule has 0 fully saturated rings. The second-order valence-electron chi connectivity index (χ2n) is 3.93. The lowest BCUT2D eigenvalue weighted by Gasteiger charge is -2.07. The van der Waals surface area contributed by atoms with Crippen LogP contribution < -0.4 is 0 Å². The normalized spacial score (nSPS) is 10.6. The molecule has 0 spiro atoms. The maximum absolute atomic E-state index is 11.2. The van der Waals surface area contributed by atoms with Crippen molar-refractivity contribution in [2.45, 2.75) is 20.3 Å². The first-order valence-electron chi connectivity index (χ1n) is 5.57. The molecule has 2 aromatic rings. The van der Waals surface area contributed by atoms with Crippen LogP contribution in [0.4, 0.5) is 0 Å². The topological polar surface area (TPSA) is 83.6 Å². The summed E-state index contributed by atoms with van der Waals surface area (Å²) in [5.74, 6) is -0.887. The summed E-state index contributed by atoms with van der Waals surface area (Å²) >= 11 is 0. The van der Waals surface area contributed by atoms with E-state index in [1.54, 1.807) is 6.07 Å². The molecule has 0 amide bonds. The number of carboxylic acids is 1. The molecule has 0 bridgehead atoms. The van der Waals surface area contributed by atoms with Crippen molar-refractivity contribution >= 4 is 5.97 Å². The van der Waals surface area contributed by atoms with Gasteiger partial charge in [0.15, 0.2) is 0 Å². The van der Waals surface area contributed by atoms with Crippen LogP contribution in [0.25, 0.3) is 11.3 Å². The van der Waals surface area contributed by atoms with E-state index in [2.05, 4.69) is 5.16 Å². The number of carboxylic acid groups (broad SMARTS) is 1. The first-order valence-corrected chi connectivity index (χ1v) is 5.57. The summed E-state index contributed by atoms with van der Waals surface area (Å²) in [4.78, 5) is 11.2. The van der Waals surface area contributed by atoms with E-state index >= 15 is 0 Å². The zero-order valence-electron chi connectivity index (χ0n) is 10.1. The summed E-state index contributed by atoms with van der Waals surface area (Å²) in [7, 11) is 0. The number of aromatic carboxylic acids is 1. The van der Waals surface area contributed by atoms with Gasteiger partial charge in [0.1, 0.15) is 22.8 Å². The minimum atomic E-state index is -1.12. The summed E-state index contributed by atoms with van der Waals surface area (Å²) < 4.78 is 4.92. The lowest BCUT2D eigenvalue weighted by Crippen LogP contribution is -2.00. The van der Waals surface area contributed by atoms with Gasteiger partial charge in [-0.3, -0.25) is 0 Å². The fourth-order valence-electron chi connectivity index (χ4n) is 1.95. The first-order chi connectivity index (χ1) is 8.56. The Hall–Kier alpha value is -2.30. The number of aromatic hydroxyl groups is 1. The average Bonchev–Trinajstić information content (AvgIpc) is 2.70. The third-order valence-corrected chi connectivity index (χ3v) is 2.82. The Labute approximate surface area is 104 Å². The molecular weight excluding hydrogens is 234 g/mol. The smallest absolute Gasteiger partial charge is 0.341 e.